The average molecular weight is 377 g/mol. The molecule has 0 fully saturated rings. The van der Waals surface area contributed by atoms with E-state index in [4.69, 9.17) is 11.6 Å². The molecule has 0 aliphatic carbocycles. The third kappa shape index (κ3) is 3.18. The Morgan fingerprint density at radius 1 is 1.38 bits per heavy atom. The van der Waals surface area contributed by atoms with Crippen molar-refractivity contribution in [3.8, 4) is 12.3 Å². The molecule has 0 spiro atoms. The second kappa shape index (κ2) is 6.33. The zero-order valence-electron chi connectivity index (χ0n) is 12.2. The van der Waals surface area contributed by atoms with Gasteiger partial charge in [0.05, 0.1) is 26.5 Å². The smallest absolute Gasteiger partial charge is 0.289 e. The summed E-state index contributed by atoms with van der Waals surface area (Å²) in [5, 5.41) is 6.95. The maximum atomic E-state index is 12.2. The molecular weight excluding hydrogens is 366 g/mol. The third-order valence-electron chi connectivity index (χ3n) is 3.16. The number of rotatable bonds is 3. The van der Waals surface area contributed by atoms with E-state index in [1.807, 2.05) is 0 Å². The van der Waals surface area contributed by atoms with Crippen molar-refractivity contribution in [1.82, 2.24) is 4.57 Å². The predicted molar refractivity (Wildman–Crippen MR) is 94.2 cm³/mol. The van der Waals surface area contributed by atoms with Gasteiger partial charge >= 0.3 is 0 Å². The number of amides is 1. The van der Waals surface area contributed by atoms with Crippen LogP contribution in [0.4, 0.5) is 0 Å². The Balaban J connectivity index is 2.22. The Bertz CT molecular complexity index is 1130. The summed E-state index contributed by atoms with van der Waals surface area (Å²) in [7, 11) is -3.81. The fourth-order valence-corrected chi connectivity index (χ4v) is 4.39. The number of fused-ring (bicyclic) bond motifs is 1. The van der Waals surface area contributed by atoms with Crippen LogP contribution in [0.15, 0.2) is 45.6 Å². The molecule has 6 nitrogen and oxygen atoms in total. The van der Waals surface area contributed by atoms with Gasteiger partial charge in [-0.3, -0.25) is 4.79 Å². The number of thiophene rings is 1. The lowest BCUT2D eigenvalue weighted by atomic mass is 10.3. The minimum atomic E-state index is -3.81. The molecule has 0 saturated carbocycles. The number of nitrogens with two attached hydrogens (primary N) is 1. The van der Waals surface area contributed by atoms with E-state index in [2.05, 4.69) is 10.9 Å². The molecule has 0 bridgehead atoms. The number of primary sulfonamides is 1. The largest absolute Gasteiger partial charge is 0.305 e. The summed E-state index contributed by atoms with van der Waals surface area (Å²) >= 11 is 2.48. The highest BCUT2D eigenvalue weighted by Crippen LogP contribution is 2.21. The van der Waals surface area contributed by atoms with Gasteiger partial charge in [0.25, 0.3) is 5.91 Å². The molecule has 0 aliphatic heterocycles. The zero-order chi connectivity index (χ0) is 17.3. The molecule has 0 saturated heterocycles. The SMILES string of the molecule is C#CCn1c(=NC(=O)c2cccs2)sc2cc(S(N)(=O)=O)ccc21. The normalized spacial score (nSPS) is 12.4. The van der Waals surface area contributed by atoms with Crippen molar-refractivity contribution >= 4 is 48.8 Å². The minimum absolute atomic E-state index is 0.000223. The Labute approximate surface area is 145 Å². The minimum Gasteiger partial charge on any atom is -0.305 e. The fourth-order valence-electron chi connectivity index (χ4n) is 2.10. The van der Waals surface area contributed by atoms with Crippen LogP contribution in [0.5, 0.6) is 0 Å². The van der Waals surface area contributed by atoms with Crippen molar-refractivity contribution in [2.24, 2.45) is 10.1 Å². The van der Waals surface area contributed by atoms with E-state index in [0.717, 1.165) is 0 Å². The van der Waals surface area contributed by atoms with Crippen LogP contribution in [0.25, 0.3) is 10.2 Å². The number of nitrogens with zero attached hydrogens (tertiary/aromatic N) is 2. The van der Waals surface area contributed by atoms with Gasteiger partial charge in [-0.15, -0.1) is 17.8 Å². The molecule has 122 valence electrons. The highest BCUT2D eigenvalue weighted by Gasteiger charge is 2.13. The molecule has 3 rings (SSSR count). The standard InChI is InChI=1S/C15H11N3O3S3/c1-2-7-18-11-6-5-10(24(16,20)21)9-13(11)23-15(18)17-14(19)12-4-3-8-22-12/h1,3-6,8-9H,7H2,(H2,16,20,21). The monoisotopic (exact) mass is 377 g/mol. The van der Waals surface area contributed by atoms with Gasteiger partial charge in [0.15, 0.2) is 4.80 Å². The molecule has 2 aromatic heterocycles. The Morgan fingerprint density at radius 2 is 2.17 bits per heavy atom. The van der Waals surface area contributed by atoms with Crippen LogP contribution in [0, 0.1) is 12.3 Å². The van der Waals surface area contributed by atoms with E-state index in [-0.39, 0.29) is 17.3 Å². The van der Waals surface area contributed by atoms with Gasteiger partial charge in [-0.2, -0.15) is 4.99 Å². The Hall–Kier alpha value is -2.25. The third-order valence-corrected chi connectivity index (χ3v) is 5.97. The number of thiazole rings is 1. The molecule has 2 N–H and O–H groups in total. The summed E-state index contributed by atoms with van der Waals surface area (Å²) in [5.41, 5.74) is 0.697. The molecular formula is C15H11N3O3S3. The Morgan fingerprint density at radius 3 is 2.79 bits per heavy atom. The van der Waals surface area contributed by atoms with Crippen LogP contribution in [0.1, 0.15) is 9.67 Å². The van der Waals surface area contributed by atoms with Gasteiger partial charge in [-0.1, -0.05) is 23.3 Å². The summed E-state index contributed by atoms with van der Waals surface area (Å²) in [6, 6.07) is 7.93. The topological polar surface area (TPSA) is 94.5 Å². The van der Waals surface area contributed by atoms with Crippen LogP contribution in [-0.4, -0.2) is 18.9 Å². The lowest BCUT2D eigenvalue weighted by Gasteiger charge is -2.01. The average Bonchev–Trinajstić information content (AvgIpc) is 3.15. The molecule has 1 aromatic carbocycles. The lowest BCUT2D eigenvalue weighted by molar-refractivity contribution is 0.100. The first-order valence-electron chi connectivity index (χ1n) is 6.62. The van der Waals surface area contributed by atoms with Crippen LogP contribution >= 0.6 is 22.7 Å². The molecule has 0 atom stereocenters. The summed E-state index contributed by atoms with van der Waals surface area (Å²) in [6.07, 6.45) is 5.40. The second-order valence-electron chi connectivity index (χ2n) is 4.74. The van der Waals surface area contributed by atoms with Crippen molar-refractivity contribution < 1.29 is 13.2 Å². The molecule has 3 aromatic rings. The van der Waals surface area contributed by atoms with E-state index in [1.54, 1.807) is 28.1 Å². The van der Waals surface area contributed by atoms with E-state index >= 15 is 0 Å². The summed E-state index contributed by atoms with van der Waals surface area (Å²) < 4.78 is 25.3. The molecule has 2 heterocycles. The number of sulfonamides is 1. The highest BCUT2D eigenvalue weighted by molar-refractivity contribution is 7.89. The van der Waals surface area contributed by atoms with Crippen LogP contribution in [-0.2, 0) is 16.6 Å². The maximum absolute atomic E-state index is 12.2. The predicted octanol–water partition coefficient (Wildman–Crippen LogP) is 1.79. The molecule has 0 unspecified atom stereocenters. The zero-order valence-corrected chi connectivity index (χ0v) is 14.6. The van der Waals surface area contributed by atoms with Gasteiger partial charge in [-0.25, -0.2) is 13.6 Å². The van der Waals surface area contributed by atoms with Gasteiger partial charge < -0.3 is 4.57 Å². The van der Waals surface area contributed by atoms with Crippen molar-refractivity contribution in [1.29, 1.82) is 0 Å². The number of hydrogen-bond acceptors (Lipinski definition) is 5. The molecule has 24 heavy (non-hydrogen) atoms. The first-order valence-corrected chi connectivity index (χ1v) is 9.86. The van der Waals surface area contributed by atoms with Crippen molar-refractivity contribution in [3.63, 3.8) is 0 Å². The van der Waals surface area contributed by atoms with E-state index in [1.165, 1.54) is 34.8 Å². The number of carbonyl (C=O) groups is 1. The number of terminal acetylenes is 1. The molecule has 9 heteroatoms. The number of carbonyl (C=O) groups excluding carboxylic acids is 1. The van der Waals surface area contributed by atoms with Gasteiger partial charge in [0.1, 0.15) is 0 Å². The first-order chi connectivity index (χ1) is 11.4. The van der Waals surface area contributed by atoms with E-state index < -0.39 is 10.0 Å². The van der Waals surface area contributed by atoms with Gasteiger partial charge in [-0.05, 0) is 29.6 Å². The molecule has 1 amide bonds. The summed E-state index contributed by atoms with van der Waals surface area (Å²) in [5.74, 6) is 2.15. The van der Waals surface area contributed by atoms with Crippen LogP contribution < -0.4 is 9.94 Å². The number of hydrogen-bond donors (Lipinski definition) is 1. The molecule has 0 radical (unpaired) electrons. The van der Waals surface area contributed by atoms with E-state index in [9.17, 15) is 13.2 Å². The van der Waals surface area contributed by atoms with Crippen LogP contribution in [0.3, 0.4) is 0 Å². The quantitative estimate of drug-likeness (QED) is 0.705. The summed E-state index contributed by atoms with van der Waals surface area (Å²) in [6.45, 7) is 0.214. The van der Waals surface area contributed by atoms with Crippen LogP contribution in [0.2, 0.25) is 0 Å². The van der Waals surface area contributed by atoms with Gasteiger partial charge in [0.2, 0.25) is 10.0 Å². The number of aromatic nitrogens is 1. The highest BCUT2D eigenvalue weighted by atomic mass is 32.2. The van der Waals surface area contributed by atoms with Crippen molar-refractivity contribution in [2.75, 3.05) is 0 Å². The molecule has 0 aliphatic rings. The number of benzene rings is 1. The van der Waals surface area contributed by atoms with Crippen molar-refractivity contribution in [2.45, 2.75) is 11.4 Å². The maximum Gasteiger partial charge on any atom is 0.289 e. The second-order valence-corrected chi connectivity index (χ2v) is 8.26. The Kier molecular flexibility index (Phi) is 4.38. The summed E-state index contributed by atoms with van der Waals surface area (Å²) in [4.78, 5) is 17.3. The van der Waals surface area contributed by atoms with Crippen molar-refractivity contribution in [3.05, 3.63) is 45.4 Å². The fraction of sp³-hybridized carbons (Fsp3) is 0.0667. The van der Waals surface area contributed by atoms with E-state index in [0.29, 0.717) is 19.9 Å². The first kappa shape index (κ1) is 16.6. The van der Waals surface area contributed by atoms with Gasteiger partial charge in [0, 0.05) is 0 Å². The lowest BCUT2D eigenvalue weighted by Crippen LogP contribution is -2.16.